The van der Waals surface area contributed by atoms with E-state index in [2.05, 4.69) is 34.9 Å². The summed E-state index contributed by atoms with van der Waals surface area (Å²) in [5, 5.41) is 14.7. The maximum Gasteiger partial charge on any atom is 0.407 e. The van der Waals surface area contributed by atoms with Gasteiger partial charge in [-0.2, -0.15) is 0 Å². The molecular weight excluding hydrogens is 448 g/mol. The van der Waals surface area contributed by atoms with Crippen molar-refractivity contribution in [2.45, 2.75) is 50.7 Å². The minimum absolute atomic E-state index is 0.0300. The van der Waals surface area contributed by atoms with Gasteiger partial charge in [0.1, 0.15) is 18.8 Å². The highest BCUT2D eigenvalue weighted by Gasteiger charge is 2.36. The van der Waals surface area contributed by atoms with Crippen molar-refractivity contribution in [1.29, 1.82) is 0 Å². The minimum atomic E-state index is -1.06. The van der Waals surface area contributed by atoms with Crippen LogP contribution >= 0.6 is 0 Å². The Labute approximate surface area is 205 Å². The molecule has 2 amide bonds. The fraction of sp³-hybridized carbons (Fsp3) is 0.444. The van der Waals surface area contributed by atoms with Crippen LogP contribution in [-0.4, -0.2) is 55.0 Å². The molecule has 0 aromatic heterocycles. The second kappa shape index (κ2) is 11.4. The van der Waals surface area contributed by atoms with Crippen LogP contribution in [0, 0.1) is 5.92 Å². The molecule has 2 aromatic rings. The highest BCUT2D eigenvalue weighted by molar-refractivity contribution is 5.86. The van der Waals surface area contributed by atoms with Crippen molar-refractivity contribution in [2.75, 3.05) is 19.8 Å². The Hall–Kier alpha value is -3.39. The summed E-state index contributed by atoms with van der Waals surface area (Å²) >= 11 is 0. The summed E-state index contributed by atoms with van der Waals surface area (Å²) in [4.78, 5) is 36.6. The van der Waals surface area contributed by atoms with E-state index in [4.69, 9.17) is 9.47 Å². The van der Waals surface area contributed by atoms with Crippen molar-refractivity contribution < 1.29 is 29.0 Å². The summed E-state index contributed by atoms with van der Waals surface area (Å²) in [5.41, 5.74) is 4.59. The van der Waals surface area contributed by atoms with Gasteiger partial charge in [0.15, 0.2) is 0 Å². The summed E-state index contributed by atoms with van der Waals surface area (Å²) in [7, 11) is 0. The van der Waals surface area contributed by atoms with Gasteiger partial charge in [0.25, 0.3) is 0 Å². The van der Waals surface area contributed by atoms with E-state index in [0.717, 1.165) is 28.7 Å². The number of nitrogens with one attached hydrogen (secondary N) is 2. The normalized spacial score (nSPS) is 19.5. The van der Waals surface area contributed by atoms with E-state index in [-0.39, 0.29) is 25.0 Å². The molecule has 1 aliphatic carbocycles. The predicted octanol–water partition coefficient (Wildman–Crippen LogP) is 3.69. The molecule has 0 spiro atoms. The fourth-order valence-corrected chi connectivity index (χ4v) is 4.92. The number of unbranched alkanes of at least 4 members (excludes halogenated alkanes) is 1. The monoisotopic (exact) mass is 480 g/mol. The number of rotatable bonds is 10. The minimum Gasteiger partial charge on any atom is -0.480 e. The third kappa shape index (κ3) is 5.65. The van der Waals surface area contributed by atoms with Gasteiger partial charge in [0.2, 0.25) is 5.91 Å². The van der Waals surface area contributed by atoms with Gasteiger partial charge in [-0.1, -0.05) is 68.3 Å². The zero-order chi connectivity index (χ0) is 24.8. The average molecular weight is 481 g/mol. The standard InChI is InChI=1S/C27H32N2O6/c1-2-3-12-23(26(31)32)29-25(30)24-17(13-14-34-24)15-28-27(33)35-16-22-20-10-6-4-8-18(20)19-9-5-7-11-21(19)22/h4-11,17,22-24H,2-3,12-16H2,1H3,(H,28,33)(H,29,30)(H,31,32)/t17-,23?,24-/m1/s1. The first kappa shape index (κ1) is 24.7. The van der Waals surface area contributed by atoms with Gasteiger partial charge < -0.3 is 25.2 Å². The van der Waals surface area contributed by atoms with Crippen molar-refractivity contribution in [3.8, 4) is 11.1 Å². The van der Waals surface area contributed by atoms with Crippen LogP contribution in [0.25, 0.3) is 11.1 Å². The first-order valence-electron chi connectivity index (χ1n) is 12.2. The molecule has 0 radical (unpaired) electrons. The largest absolute Gasteiger partial charge is 0.480 e. The molecule has 4 rings (SSSR count). The van der Waals surface area contributed by atoms with E-state index in [0.29, 0.717) is 25.9 Å². The number of ether oxygens (including phenoxy) is 2. The molecule has 8 nitrogen and oxygen atoms in total. The molecule has 2 aliphatic rings. The highest BCUT2D eigenvalue weighted by Crippen LogP contribution is 2.44. The molecule has 3 atom stereocenters. The number of hydrogen-bond donors (Lipinski definition) is 3. The van der Waals surface area contributed by atoms with Crippen molar-refractivity contribution >= 4 is 18.0 Å². The molecule has 8 heteroatoms. The van der Waals surface area contributed by atoms with E-state index in [1.807, 2.05) is 31.2 Å². The van der Waals surface area contributed by atoms with E-state index in [1.165, 1.54) is 0 Å². The first-order valence-corrected chi connectivity index (χ1v) is 12.2. The summed E-state index contributed by atoms with van der Waals surface area (Å²) < 4.78 is 11.1. The molecule has 1 unspecified atom stereocenters. The number of aliphatic carboxylic acids is 1. The second-order valence-electron chi connectivity index (χ2n) is 9.09. The molecule has 3 N–H and O–H groups in total. The number of carboxylic acid groups (broad SMARTS) is 1. The Bertz CT molecular complexity index is 1030. The third-order valence-corrected chi connectivity index (χ3v) is 6.79. The van der Waals surface area contributed by atoms with Gasteiger partial charge >= 0.3 is 12.1 Å². The third-order valence-electron chi connectivity index (χ3n) is 6.79. The van der Waals surface area contributed by atoms with Crippen LogP contribution in [0.1, 0.15) is 49.7 Å². The summed E-state index contributed by atoms with van der Waals surface area (Å²) in [6.07, 6.45) is 1.15. The average Bonchev–Trinajstić information content (AvgIpc) is 3.46. The van der Waals surface area contributed by atoms with Crippen molar-refractivity contribution in [3.63, 3.8) is 0 Å². The second-order valence-corrected chi connectivity index (χ2v) is 9.09. The summed E-state index contributed by atoms with van der Waals surface area (Å²) in [6, 6.07) is 15.3. The van der Waals surface area contributed by atoms with Crippen LogP contribution in [-0.2, 0) is 19.1 Å². The van der Waals surface area contributed by atoms with Crippen LogP contribution in [0.4, 0.5) is 4.79 Å². The zero-order valence-electron chi connectivity index (χ0n) is 19.9. The molecule has 0 saturated carbocycles. The molecule has 1 heterocycles. The lowest BCUT2D eigenvalue weighted by molar-refractivity contribution is -0.144. The molecular formula is C27H32N2O6. The quantitative estimate of drug-likeness (QED) is 0.478. The molecule has 1 aliphatic heterocycles. The highest BCUT2D eigenvalue weighted by atomic mass is 16.5. The molecule has 1 fully saturated rings. The number of benzene rings is 2. The lowest BCUT2D eigenvalue weighted by Crippen LogP contribution is -2.48. The topological polar surface area (TPSA) is 114 Å². The van der Waals surface area contributed by atoms with Crippen molar-refractivity contribution in [2.24, 2.45) is 5.92 Å². The van der Waals surface area contributed by atoms with Gasteiger partial charge in [-0.3, -0.25) is 4.79 Å². The Morgan fingerprint density at radius 3 is 2.37 bits per heavy atom. The van der Waals surface area contributed by atoms with Crippen LogP contribution in [0.5, 0.6) is 0 Å². The summed E-state index contributed by atoms with van der Waals surface area (Å²) in [5.74, 6) is -1.79. The van der Waals surface area contributed by atoms with Crippen LogP contribution in [0.15, 0.2) is 48.5 Å². The Balaban J connectivity index is 1.29. The van der Waals surface area contributed by atoms with Gasteiger partial charge in [0.05, 0.1) is 0 Å². The van der Waals surface area contributed by atoms with Crippen LogP contribution in [0.3, 0.4) is 0 Å². The fourth-order valence-electron chi connectivity index (χ4n) is 4.92. The number of carbonyl (C=O) groups excluding carboxylic acids is 2. The maximum atomic E-state index is 12.7. The van der Waals surface area contributed by atoms with Gasteiger partial charge in [-0.25, -0.2) is 9.59 Å². The van der Waals surface area contributed by atoms with Crippen LogP contribution < -0.4 is 10.6 Å². The number of carbonyl (C=O) groups is 3. The molecule has 2 aromatic carbocycles. The van der Waals surface area contributed by atoms with Gasteiger partial charge in [-0.05, 0) is 35.1 Å². The Kier molecular flexibility index (Phi) is 8.02. The Morgan fingerprint density at radius 2 is 1.74 bits per heavy atom. The lowest BCUT2D eigenvalue weighted by atomic mass is 9.98. The van der Waals surface area contributed by atoms with Gasteiger partial charge in [0, 0.05) is 25.0 Å². The van der Waals surface area contributed by atoms with E-state index in [9.17, 15) is 19.5 Å². The van der Waals surface area contributed by atoms with E-state index >= 15 is 0 Å². The van der Waals surface area contributed by atoms with Gasteiger partial charge in [-0.15, -0.1) is 0 Å². The SMILES string of the molecule is CCCCC(NC(=O)[C@@H]1OCC[C@@H]1CNC(=O)OCC1c2ccccc2-c2ccccc21)C(=O)O. The number of hydrogen-bond acceptors (Lipinski definition) is 5. The molecule has 35 heavy (non-hydrogen) atoms. The zero-order valence-corrected chi connectivity index (χ0v) is 19.9. The number of carboxylic acids is 1. The number of amides is 2. The first-order chi connectivity index (χ1) is 17.0. The maximum absolute atomic E-state index is 12.7. The number of alkyl carbamates (subject to hydrolysis) is 1. The molecule has 186 valence electrons. The smallest absolute Gasteiger partial charge is 0.407 e. The van der Waals surface area contributed by atoms with Crippen molar-refractivity contribution in [1.82, 2.24) is 10.6 Å². The molecule has 0 bridgehead atoms. The van der Waals surface area contributed by atoms with E-state index < -0.39 is 30.1 Å². The molecule has 1 saturated heterocycles. The summed E-state index contributed by atoms with van der Waals surface area (Å²) in [6.45, 7) is 2.76. The predicted molar refractivity (Wildman–Crippen MR) is 130 cm³/mol. The van der Waals surface area contributed by atoms with Crippen LogP contribution in [0.2, 0.25) is 0 Å². The van der Waals surface area contributed by atoms with E-state index in [1.54, 1.807) is 0 Å². The number of fused-ring (bicyclic) bond motifs is 3. The Morgan fingerprint density at radius 1 is 1.09 bits per heavy atom. The lowest BCUT2D eigenvalue weighted by Gasteiger charge is -2.21. The van der Waals surface area contributed by atoms with Crippen molar-refractivity contribution in [3.05, 3.63) is 59.7 Å².